The summed E-state index contributed by atoms with van der Waals surface area (Å²) < 4.78 is 1.02. The normalized spacial score (nSPS) is 16.8. The van der Waals surface area contributed by atoms with Crippen molar-refractivity contribution >= 4 is 59.4 Å². The largest absolute Gasteiger partial charge is 0.325 e. The Balaban J connectivity index is 2.52. The van der Waals surface area contributed by atoms with E-state index in [1.54, 1.807) is 0 Å². The highest BCUT2D eigenvalue weighted by Crippen LogP contribution is 2.44. The van der Waals surface area contributed by atoms with Gasteiger partial charge in [-0.3, -0.25) is 4.79 Å². The Labute approximate surface area is 126 Å². The predicted molar refractivity (Wildman–Crippen MR) is 81.3 cm³/mol. The SMILES string of the molecule is O=C1Nc2ccc(Br)cc2C1(CCBr)CCBr. The molecule has 2 rings (SSSR count). The molecule has 1 aromatic carbocycles. The first-order chi connectivity index (χ1) is 8.14. The first-order valence-electron chi connectivity index (χ1n) is 5.37. The van der Waals surface area contributed by atoms with Crippen LogP contribution in [0.5, 0.6) is 0 Å². The van der Waals surface area contributed by atoms with Crippen molar-refractivity contribution in [2.45, 2.75) is 18.3 Å². The molecule has 0 fully saturated rings. The van der Waals surface area contributed by atoms with Crippen molar-refractivity contribution in [1.29, 1.82) is 0 Å². The van der Waals surface area contributed by atoms with Crippen LogP contribution in [0, 0.1) is 0 Å². The minimum Gasteiger partial charge on any atom is -0.325 e. The summed E-state index contributed by atoms with van der Waals surface area (Å²) in [5.74, 6) is 0.115. The summed E-state index contributed by atoms with van der Waals surface area (Å²) in [6.45, 7) is 0. The van der Waals surface area contributed by atoms with E-state index >= 15 is 0 Å². The maximum atomic E-state index is 12.3. The van der Waals surface area contributed by atoms with E-state index in [2.05, 4.69) is 59.2 Å². The number of hydrogen-bond acceptors (Lipinski definition) is 1. The molecule has 0 atom stereocenters. The van der Waals surface area contributed by atoms with Crippen molar-refractivity contribution < 1.29 is 4.79 Å². The first kappa shape index (κ1) is 13.6. The van der Waals surface area contributed by atoms with Crippen molar-refractivity contribution in [3.63, 3.8) is 0 Å². The Hall–Kier alpha value is 0.130. The van der Waals surface area contributed by atoms with Gasteiger partial charge in [-0.25, -0.2) is 0 Å². The third kappa shape index (κ3) is 2.34. The molecule has 0 radical (unpaired) electrons. The van der Waals surface area contributed by atoms with Crippen LogP contribution >= 0.6 is 47.8 Å². The average molecular weight is 426 g/mol. The topological polar surface area (TPSA) is 29.1 Å². The molecule has 1 amide bonds. The summed E-state index contributed by atoms with van der Waals surface area (Å²) in [5, 5.41) is 4.62. The molecule has 92 valence electrons. The molecule has 0 saturated heterocycles. The van der Waals surface area contributed by atoms with Gasteiger partial charge in [0.05, 0.1) is 5.41 Å². The zero-order valence-corrected chi connectivity index (χ0v) is 13.9. The van der Waals surface area contributed by atoms with E-state index in [1.165, 1.54) is 0 Å². The molecule has 17 heavy (non-hydrogen) atoms. The number of rotatable bonds is 4. The fourth-order valence-electron chi connectivity index (χ4n) is 2.33. The summed E-state index contributed by atoms with van der Waals surface area (Å²) in [6.07, 6.45) is 1.63. The maximum Gasteiger partial charge on any atom is 0.235 e. The van der Waals surface area contributed by atoms with Crippen LogP contribution in [0.25, 0.3) is 0 Å². The van der Waals surface area contributed by atoms with Gasteiger partial charge in [0.2, 0.25) is 5.91 Å². The van der Waals surface area contributed by atoms with Crippen LogP contribution < -0.4 is 5.32 Å². The van der Waals surface area contributed by atoms with Crippen molar-refractivity contribution in [3.05, 3.63) is 28.2 Å². The van der Waals surface area contributed by atoms with Gasteiger partial charge in [0.1, 0.15) is 0 Å². The molecule has 0 aromatic heterocycles. The van der Waals surface area contributed by atoms with Crippen LogP contribution in [0.1, 0.15) is 18.4 Å². The highest BCUT2D eigenvalue weighted by atomic mass is 79.9. The number of amides is 1. The highest BCUT2D eigenvalue weighted by molar-refractivity contribution is 9.10. The van der Waals surface area contributed by atoms with Crippen LogP contribution in [-0.2, 0) is 10.2 Å². The van der Waals surface area contributed by atoms with Crippen LogP contribution in [0.15, 0.2) is 22.7 Å². The van der Waals surface area contributed by atoms with Crippen molar-refractivity contribution in [1.82, 2.24) is 0 Å². The molecule has 0 aliphatic carbocycles. The lowest BCUT2D eigenvalue weighted by atomic mass is 9.77. The number of alkyl halides is 2. The van der Waals surface area contributed by atoms with Crippen molar-refractivity contribution in [2.75, 3.05) is 16.0 Å². The lowest BCUT2D eigenvalue weighted by Gasteiger charge is -2.26. The Morgan fingerprint density at radius 3 is 2.41 bits per heavy atom. The molecular weight excluding hydrogens is 414 g/mol. The van der Waals surface area contributed by atoms with E-state index in [-0.39, 0.29) is 5.91 Å². The fraction of sp³-hybridized carbons (Fsp3) is 0.417. The van der Waals surface area contributed by atoms with Gasteiger partial charge in [0, 0.05) is 20.8 Å². The maximum absolute atomic E-state index is 12.3. The van der Waals surface area contributed by atoms with Crippen LogP contribution in [0.2, 0.25) is 0 Å². The van der Waals surface area contributed by atoms with Gasteiger partial charge in [-0.15, -0.1) is 0 Å². The number of carbonyl (C=O) groups excluding carboxylic acids is 1. The summed E-state index contributed by atoms with van der Waals surface area (Å²) in [6, 6.07) is 5.97. The number of anilines is 1. The smallest absolute Gasteiger partial charge is 0.235 e. The second-order valence-electron chi connectivity index (χ2n) is 4.10. The van der Waals surface area contributed by atoms with E-state index in [1.807, 2.05) is 12.1 Å². The van der Waals surface area contributed by atoms with Gasteiger partial charge in [-0.05, 0) is 36.6 Å². The highest BCUT2D eigenvalue weighted by Gasteiger charge is 2.45. The van der Waals surface area contributed by atoms with Gasteiger partial charge in [0.25, 0.3) is 0 Å². The van der Waals surface area contributed by atoms with E-state index in [4.69, 9.17) is 0 Å². The minimum atomic E-state index is -0.397. The van der Waals surface area contributed by atoms with E-state index in [9.17, 15) is 4.79 Å². The quantitative estimate of drug-likeness (QED) is 0.719. The first-order valence-corrected chi connectivity index (χ1v) is 8.41. The molecule has 0 spiro atoms. The molecule has 1 aliphatic heterocycles. The average Bonchev–Trinajstić information content (AvgIpc) is 2.54. The molecule has 2 nitrogen and oxygen atoms in total. The van der Waals surface area contributed by atoms with Crippen LogP contribution in [0.4, 0.5) is 5.69 Å². The molecule has 1 aromatic rings. The van der Waals surface area contributed by atoms with Crippen LogP contribution in [0.3, 0.4) is 0 Å². The fourth-order valence-corrected chi connectivity index (χ4v) is 4.04. The van der Waals surface area contributed by atoms with E-state index in [0.717, 1.165) is 39.2 Å². The van der Waals surface area contributed by atoms with Gasteiger partial charge >= 0.3 is 0 Å². The summed E-state index contributed by atoms with van der Waals surface area (Å²) in [4.78, 5) is 12.3. The molecule has 0 unspecified atom stereocenters. The Bertz CT molecular complexity index is 441. The van der Waals surface area contributed by atoms with Crippen LogP contribution in [-0.4, -0.2) is 16.6 Å². The Morgan fingerprint density at radius 2 is 1.82 bits per heavy atom. The van der Waals surface area contributed by atoms with Gasteiger partial charge in [0.15, 0.2) is 0 Å². The molecular formula is C12H12Br3NO. The van der Waals surface area contributed by atoms with Gasteiger partial charge in [-0.2, -0.15) is 0 Å². The number of carbonyl (C=O) groups is 1. The standard InChI is InChI=1S/C12H12Br3NO/c13-5-3-12(4-6-14)9-7-8(15)1-2-10(9)16-11(12)17/h1-2,7H,3-6H2,(H,16,17). The minimum absolute atomic E-state index is 0.115. The number of benzene rings is 1. The third-order valence-corrected chi connectivity index (χ3v) is 4.51. The molecule has 0 bridgehead atoms. The molecule has 5 heteroatoms. The lowest BCUT2D eigenvalue weighted by Crippen LogP contribution is -2.35. The predicted octanol–water partition coefficient (Wildman–Crippen LogP) is 4.21. The molecule has 1 heterocycles. The molecule has 1 aliphatic rings. The number of hydrogen-bond donors (Lipinski definition) is 1. The summed E-state index contributed by atoms with van der Waals surface area (Å²) >= 11 is 10.4. The zero-order valence-electron chi connectivity index (χ0n) is 9.10. The lowest BCUT2D eigenvalue weighted by molar-refractivity contribution is -0.121. The Kier molecular flexibility index (Phi) is 4.31. The summed E-state index contributed by atoms with van der Waals surface area (Å²) in [7, 11) is 0. The number of halogens is 3. The Morgan fingerprint density at radius 1 is 1.18 bits per heavy atom. The zero-order chi connectivity index (χ0) is 12.5. The number of nitrogens with one attached hydrogen (secondary N) is 1. The monoisotopic (exact) mass is 423 g/mol. The third-order valence-electron chi connectivity index (χ3n) is 3.22. The summed E-state index contributed by atoms with van der Waals surface area (Å²) in [5.41, 5.74) is 1.66. The van der Waals surface area contributed by atoms with Crippen molar-refractivity contribution in [3.8, 4) is 0 Å². The van der Waals surface area contributed by atoms with Gasteiger partial charge < -0.3 is 5.32 Å². The van der Waals surface area contributed by atoms with E-state index in [0.29, 0.717) is 0 Å². The molecule has 0 saturated carbocycles. The van der Waals surface area contributed by atoms with Crippen molar-refractivity contribution in [2.24, 2.45) is 0 Å². The second kappa shape index (κ2) is 5.41. The number of fused-ring (bicyclic) bond motifs is 1. The molecule has 1 N–H and O–H groups in total. The van der Waals surface area contributed by atoms with E-state index < -0.39 is 5.41 Å². The van der Waals surface area contributed by atoms with Gasteiger partial charge in [-0.1, -0.05) is 47.8 Å². The second-order valence-corrected chi connectivity index (χ2v) is 6.61.